The van der Waals surface area contributed by atoms with Crippen LogP contribution in [0.2, 0.25) is 0 Å². The minimum Gasteiger partial charge on any atom is -0.497 e. The molecule has 0 atom stereocenters. The maximum atomic E-state index is 13.2. The van der Waals surface area contributed by atoms with Crippen LogP contribution in [0.25, 0.3) is 0 Å². The van der Waals surface area contributed by atoms with Crippen LogP contribution in [0.15, 0.2) is 64.1 Å². The molecular weight excluding hydrogens is 428 g/mol. The van der Waals surface area contributed by atoms with E-state index >= 15 is 0 Å². The quantitative estimate of drug-likeness (QED) is 0.530. The largest absolute Gasteiger partial charge is 0.497 e. The summed E-state index contributed by atoms with van der Waals surface area (Å²) in [5.74, 6) is 0.729. The molecule has 1 amide bonds. The lowest BCUT2D eigenvalue weighted by Crippen LogP contribution is -2.28. The number of hydrogen-bond acceptors (Lipinski definition) is 5. The fourth-order valence-corrected chi connectivity index (χ4v) is 5.09. The average Bonchev–Trinajstić information content (AvgIpc) is 3.22. The van der Waals surface area contributed by atoms with Crippen molar-refractivity contribution < 1.29 is 22.4 Å². The van der Waals surface area contributed by atoms with Crippen molar-refractivity contribution in [1.82, 2.24) is 9.62 Å². The molecule has 0 unspecified atom stereocenters. The standard InChI is InChI=1S/C24H28N2O5S/c1-17-12-21(30-4)13-18(2)23(17)32(28,29)26(3)15-22-14-20(16-31-22)24(27)25-11-10-19-8-6-5-7-9-19/h5-9,12-14,16H,10-11,15H2,1-4H3,(H,25,27). The molecule has 1 aromatic heterocycles. The van der Waals surface area contributed by atoms with Crippen molar-refractivity contribution in [2.75, 3.05) is 20.7 Å². The number of nitrogens with zero attached hydrogens (tertiary/aromatic N) is 1. The third-order valence-electron chi connectivity index (χ3n) is 5.17. The Hall–Kier alpha value is -3.10. The number of nitrogens with one attached hydrogen (secondary N) is 1. The summed E-state index contributed by atoms with van der Waals surface area (Å²) in [6.07, 6.45) is 2.07. The molecule has 0 aliphatic heterocycles. The molecule has 0 aliphatic rings. The van der Waals surface area contributed by atoms with Gasteiger partial charge in [0.15, 0.2) is 0 Å². The lowest BCUT2D eigenvalue weighted by Gasteiger charge is -2.19. The van der Waals surface area contributed by atoms with Crippen LogP contribution in [0.1, 0.15) is 32.8 Å². The number of aryl methyl sites for hydroxylation is 2. The Morgan fingerprint density at radius 3 is 2.38 bits per heavy atom. The number of ether oxygens (including phenoxy) is 1. The predicted octanol–water partition coefficient (Wildman–Crippen LogP) is 3.70. The van der Waals surface area contributed by atoms with Crippen molar-refractivity contribution in [3.05, 3.63) is 82.8 Å². The van der Waals surface area contributed by atoms with Crippen molar-refractivity contribution in [2.45, 2.75) is 31.7 Å². The first-order chi connectivity index (χ1) is 15.2. The van der Waals surface area contributed by atoms with E-state index in [9.17, 15) is 13.2 Å². The molecule has 170 valence electrons. The van der Waals surface area contributed by atoms with Crippen LogP contribution < -0.4 is 10.1 Å². The Kier molecular flexibility index (Phi) is 7.37. The highest BCUT2D eigenvalue weighted by atomic mass is 32.2. The van der Waals surface area contributed by atoms with Crippen LogP contribution in [0.3, 0.4) is 0 Å². The van der Waals surface area contributed by atoms with Gasteiger partial charge >= 0.3 is 0 Å². The molecule has 0 spiro atoms. The molecule has 1 heterocycles. The van der Waals surface area contributed by atoms with Gasteiger partial charge in [-0.1, -0.05) is 30.3 Å². The van der Waals surface area contributed by atoms with E-state index in [1.54, 1.807) is 39.2 Å². The number of furan rings is 1. The Balaban J connectivity index is 1.65. The lowest BCUT2D eigenvalue weighted by molar-refractivity contribution is 0.0953. The van der Waals surface area contributed by atoms with Gasteiger partial charge in [0.25, 0.3) is 5.91 Å². The number of methoxy groups -OCH3 is 1. The first kappa shape index (κ1) is 23.6. The third-order valence-corrected chi connectivity index (χ3v) is 7.28. The van der Waals surface area contributed by atoms with E-state index < -0.39 is 10.0 Å². The Bertz CT molecular complexity index is 1160. The van der Waals surface area contributed by atoms with E-state index in [1.165, 1.54) is 17.6 Å². The zero-order chi connectivity index (χ0) is 23.3. The molecule has 3 aromatic rings. The summed E-state index contributed by atoms with van der Waals surface area (Å²) in [4.78, 5) is 12.6. The Morgan fingerprint density at radius 2 is 1.75 bits per heavy atom. The average molecular weight is 457 g/mol. The maximum Gasteiger partial charge on any atom is 0.254 e. The van der Waals surface area contributed by atoms with Crippen molar-refractivity contribution in [2.24, 2.45) is 0 Å². The van der Waals surface area contributed by atoms with E-state index in [4.69, 9.17) is 9.15 Å². The van der Waals surface area contributed by atoms with Gasteiger partial charge in [0.2, 0.25) is 10.0 Å². The van der Waals surface area contributed by atoms with E-state index in [2.05, 4.69) is 5.32 Å². The number of sulfonamides is 1. The Labute approximate surface area is 189 Å². The molecule has 3 rings (SSSR count). The summed E-state index contributed by atoms with van der Waals surface area (Å²) in [5, 5.41) is 2.85. The maximum absolute atomic E-state index is 13.2. The molecule has 32 heavy (non-hydrogen) atoms. The van der Waals surface area contributed by atoms with Crippen LogP contribution in [0.4, 0.5) is 0 Å². The monoisotopic (exact) mass is 456 g/mol. The van der Waals surface area contributed by atoms with E-state index in [0.29, 0.717) is 34.7 Å². The third kappa shape index (κ3) is 5.38. The van der Waals surface area contributed by atoms with Gasteiger partial charge in [-0.3, -0.25) is 4.79 Å². The SMILES string of the molecule is COc1cc(C)c(S(=O)(=O)N(C)Cc2cc(C(=O)NCCc3ccccc3)co2)c(C)c1. The highest BCUT2D eigenvalue weighted by molar-refractivity contribution is 7.89. The first-order valence-electron chi connectivity index (χ1n) is 10.2. The van der Waals surface area contributed by atoms with Crippen molar-refractivity contribution >= 4 is 15.9 Å². The molecule has 0 bridgehead atoms. The van der Waals surface area contributed by atoms with E-state index in [-0.39, 0.29) is 17.3 Å². The zero-order valence-electron chi connectivity index (χ0n) is 18.7. The van der Waals surface area contributed by atoms with Gasteiger partial charge < -0.3 is 14.5 Å². The minimum atomic E-state index is -3.76. The smallest absolute Gasteiger partial charge is 0.254 e. The second-order valence-corrected chi connectivity index (χ2v) is 9.63. The van der Waals surface area contributed by atoms with Gasteiger partial charge in [0.05, 0.1) is 24.1 Å². The minimum absolute atomic E-state index is 0.00450. The first-order valence-corrected chi connectivity index (χ1v) is 11.7. The van der Waals surface area contributed by atoms with Gasteiger partial charge in [0, 0.05) is 13.6 Å². The van der Waals surface area contributed by atoms with Crippen LogP contribution in [-0.2, 0) is 23.0 Å². The fourth-order valence-electron chi connectivity index (χ4n) is 3.55. The second-order valence-electron chi connectivity index (χ2n) is 7.64. The molecular formula is C24H28N2O5S. The molecule has 0 aliphatic carbocycles. The molecule has 0 radical (unpaired) electrons. The normalized spacial score (nSPS) is 11.5. The molecule has 0 fully saturated rings. The summed E-state index contributed by atoms with van der Waals surface area (Å²) >= 11 is 0. The summed E-state index contributed by atoms with van der Waals surface area (Å²) in [5.41, 5.74) is 2.70. The molecule has 8 heteroatoms. The second kappa shape index (κ2) is 10.0. The number of carbonyl (C=O) groups is 1. The summed E-state index contributed by atoms with van der Waals surface area (Å²) in [7, 11) is -0.733. The highest BCUT2D eigenvalue weighted by Gasteiger charge is 2.26. The van der Waals surface area contributed by atoms with Crippen molar-refractivity contribution in [3.8, 4) is 5.75 Å². The van der Waals surface area contributed by atoms with Crippen LogP contribution >= 0.6 is 0 Å². The summed E-state index contributed by atoms with van der Waals surface area (Å²) < 4.78 is 38.2. The Morgan fingerprint density at radius 1 is 1.09 bits per heavy atom. The van der Waals surface area contributed by atoms with Gasteiger partial charge in [-0.05, 0) is 55.2 Å². The molecule has 0 saturated carbocycles. The van der Waals surface area contributed by atoms with Gasteiger partial charge in [-0.15, -0.1) is 0 Å². The fraction of sp³-hybridized carbons (Fsp3) is 0.292. The number of carbonyl (C=O) groups excluding carboxylic acids is 1. The molecule has 1 N–H and O–H groups in total. The van der Waals surface area contributed by atoms with E-state index in [1.807, 2.05) is 30.3 Å². The topological polar surface area (TPSA) is 88.9 Å². The highest BCUT2D eigenvalue weighted by Crippen LogP contribution is 2.28. The summed E-state index contributed by atoms with van der Waals surface area (Å²) in [6.45, 7) is 3.97. The van der Waals surface area contributed by atoms with Crippen molar-refractivity contribution in [1.29, 1.82) is 0 Å². The number of rotatable bonds is 9. The lowest BCUT2D eigenvalue weighted by atomic mass is 10.1. The van der Waals surface area contributed by atoms with Gasteiger partial charge in [-0.2, -0.15) is 4.31 Å². The van der Waals surface area contributed by atoms with Gasteiger partial charge in [0.1, 0.15) is 17.8 Å². The van der Waals surface area contributed by atoms with E-state index in [0.717, 1.165) is 12.0 Å². The van der Waals surface area contributed by atoms with Gasteiger partial charge in [-0.25, -0.2) is 8.42 Å². The van der Waals surface area contributed by atoms with Crippen LogP contribution in [-0.4, -0.2) is 39.3 Å². The number of hydrogen-bond donors (Lipinski definition) is 1. The number of benzene rings is 2. The van der Waals surface area contributed by atoms with Crippen molar-refractivity contribution in [3.63, 3.8) is 0 Å². The zero-order valence-corrected chi connectivity index (χ0v) is 19.5. The van der Waals surface area contributed by atoms with Crippen LogP contribution in [0, 0.1) is 13.8 Å². The molecule has 0 saturated heterocycles. The summed E-state index contributed by atoms with van der Waals surface area (Å²) in [6, 6.07) is 14.8. The predicted molar refractivity (Wildman–Crippen MR) is 122 cm³/mol. The van der Waals surface area contributed by atoms with Crippen LogP contribution in [0.5, 0.6) is 5.75 Å². The molecule has 7 nitrogen and oxygen atoms in total. The molecule has 2 aromatic carbocycles. The number of amides is 1.